The number of carbonyl (C=O) groups excluding carboxylic acids is 4. The number of allylic oxidation sites excluding steroid dienone is 1. The molecule has 3 fully saturated rings. The smallest absolute Gasteiger partial charge is 0.407 e. The number of nitrogens with one attached hydrogen (secondary N) is 3. The zero-order valence-corrected chi connectivity index (χ0v) is 32.8. The average molecular weight is 796 g/mol. The van der Waals surface area contributed by atoms with Gasteiger partial charge < -0.3 is 25.1 Å². The molecule has 5 atom stereocenters. The summed E-state index contributed by atoms with van der Waals surface area (Å²) in [6, 6.07) is 11.1. The highest BCUT2D eigenvalue weighted by Crippen LogP contribution is 2.48. The minimum atomic E-state index is -4.13. The van der Waals surface area contributed by atoms with E-state index in [2.05, 4.69) is 15.8 Å². The van der Waals surface area contributed by atoms with Crippen molar-refractivity contribution < 1.29 is 46.0 Å². The summed E-state index contributed by atoms with van der Waals surface area (Å²) in [6.45, 7) is 8.92. The van der Waals surface area contributed by atoms with Crippen LogP contribution in [0.1, 0.15) is 83.4 Å². The molecule has 0 spiro atoms. The average Bonchev–Trinajstić information content (AvgIpc) is 4.04. The molecular formula is C40H47F2N5O8S. The van der Waals surface area contributed by atoms with Crippen LogP contribution < -0.4 is 15.4 Å². The lowest BCUT2D eigenvalue weighted by atomic mass is 9.85. The molecule has 16 heteroatoms. The molecule has 2 aliphatic heterocycles. The van der Waals surface area contributed by atoms with Gasteiger partial charge in [0.2, 0.25) is 28.3 Å². The Hall–Kier alpha value is -4.86. The number of cyclic esters (lactones) is 1. The Morgan fingerprint density at radius 3 is 2.39 bits per heavy atom. The van der Waals surface area contributed by atoms with Gasteiger partial charge in [-0.25, -0.2) is 22.0 Å². The molecule has 300 valence electrons. The fraction of sp³-hybridized carbons (Fsp3) is 0.525. The van der Waals surface area contributed by atoms with Crippen molar-refractivity contribution in [2.24, 2.45) is 21.9 Å². The zero-order valence-electron chi connectivity index (χ0n) is 31.9. The van der Waals surface area contributed by atoms with Gasteiger partial charge in [0, 0.05) is 23.0 Å². The van der Waals surface area contributed by atoms with Gasteiger partial charge in [0.25, 0.3) is 5.91 Å². The van der Waals surface area contributed by atoms with E-state index in [0.29, 0.717) is 25.0 Å². The Labute approximate surface area is 324 Å². The van der Waals surface area contributed by atoms with Crippen LogP contribution >= 0.6 is 0 Å². The maximum absolute atomic E-state index is 14.5. The van der Waals surface area contributed by atoms with Gasteiger partial charge >= 0.3 is 6.09 Å². The number of ether oxygens (including phenoxy) is 1. The second kappa shape index (κ2) is 14.3. The van der Waals surface area contributed by atoms with Crippen LogP contribution in [-0.2, 0) is 34.0 Å². The summed E-state index contributed by atoms with van der Waals surface area (Å²) in [6.07, 6.45) is -0.217. The van der Waals surface area contributed by atoms with Gasteiger partial charge in [0.15, 0.2) is 0 Å². The number of halogens is 2. The molecule has 13 nitrogen and oxygen atoms in total. The number of rotatable bonds is 6. The number of amides is 4. The molecule has 0 aromatic heterocycles. The molecule has 4 bridgehead atoms. The number of sulfonamides is 1. The molecule has 3 N–H and O–H groups in total. The highest BCUT2D eigenvalue weighted by Gasteiger charge is 2.67. The maximum atomic E-state index is 14.5. The third-order valence-electron chi connectivity index (χ3n) is 11.1. The minimum absolute atomic E-state index is 0.0289. The van der Waals surface area contributed by atoms with Gasteiger partial charge in [-0.1, -0.05) is 88.3 Å². The van der Waals surface area contributed by atoms with E-state index in [1.165, 1.54) is 4.90 Å². The summed E-state index contributed by atoms with van der Waals surface area (Å²) in [5.41, 5.74) is 1.40. The monoisotopic (exact) mass is 795 g/mol. The van der Waals surface area contributed by atoms with Crippen molar-refractivity contribution >= 4 is 45.6 Å². The Balaban J connectivity index is 1.24. The lowest BCUT2D eigenvalue weighted by Gasteiger charge is -2.35. The third kappa shape index (κ3) is 7.76. The second-order valence-corrected chi connectivity index (χ2v) is 19.3. The number of carbonyl (C=O) groups is 4. The number of alkyl halides is 2. The summed E-state index contributed by atoms with van der Waals surface area (Å²) in [4.78, 5) is 62.7. The number of alkyl carbamates (subject to hydrolysis) is 1. The summed E-state index contributed by atoms with van der Waals surface area (Å²) < 4.78 is 61.1. The first-order chi connectivity index (χ1) is 26.3. The molecule has 0 radical (unpaired) electrons. The SMILES string of the molecule is CC1(C)C/C=C/c2ccc3c(c2)/C(=N/O[C@@H]2C[C@@H](C(=O)N[C@@]4(C(=O)NS(=O)(=O)C5CC5)C[C@H]4C(F)F)N(C2)C(=O)[C@H](C(C)(C)C)NC(=O)OC1)c1ccccc1-3. The quantitative estimate of drug-likeness (QED) is 0.321. The molecule has 2 saturated carbocycles. The van der Waals surface area contributed by atoms with E-state index >= 15 is 0 Å². The number of benzene rings is 2. The Morgan fingerprint density at radius 1 is 1.04 bits per heavy atom. The number of oxime groups is 1. The largest absolute Gasteiger partial charge is 0.449 e. The molecule has 4 amide bonds. The summed E-state index contributed by atoms with van der Waals surface area (Å²) in [7, 11) is -4.13. The second-order valence-electron chi connectivity index (χ2n) is 17.3. The fourth-order valence-corrected chi connectivity index (χ4v) is 8.97. The lowest BCUT2D eigenvalue weighted by Crippen LogP contribution is -2.60. The number of nitrogens with zero attached hydrogens (tertiary/aromatic N) is 2. The standard InChI is InChI=1S/C40H47F2N5O8S/c1-38(2,3)32-35(49)47-20-23(18-30(47)34(48)44-40(19-29(40)33(41)42)36(50)46-56(52,53)24-13-14-24)55-45-31-27-11-7-6-10-25(27)26-15-12-22(17-28(26)31)9-8-16-39(4,5)21-54-37(51)43-32/h6-12,15,17,23-24,29-30,32-33H,13-14,16,18-21H2,1-5H3,(H,43,51)(H,44,48)(H,46,50)/b9-8+,45-31+/t23-,29+,30+,32-,40+/m1/s1. The highest BCUT2D eigenvalue weighted by molar-refractivity contribution is 7.91. The van der Waals surface area contributed by atoms with E-state index in [0.717, 1.165) is 27.8 Å². The van der Waals surface area contributed by atoms with Gasteiger partial charge in [-0.05, 0) is 53.9 Å². The van der Waals surface area contributed by atoms with Crippen molar-refractivity contribution in [2.75, 3.05) is 13.2 Å². The van der Waals surface area contributed by atoms with Crippen LogP contribution in [0.2, 0.25) is 0 Å². The number of hydrogen-bond donors (Lipinski definition) is 3. The third-order valence-corrected chi connectivity index (χ3v) is 12.9. The van der Waals surface area contributed by atoms with Crippen LogP contribution in [0.5, 0.6) is 0 Å². The zero-order chi connectivity index (χ0) is 40.4. The molecule has 2 aromatic carbocycles. The van der Waals surface area contributed by atoms with E-state index in [-0.39, 0.29) is 19.6 Å². The molecule has 5 aliphatic rings. The molecule has 3 aliphatic carbocycles. The van der Waals surface area contributed by atoms with Crippen LogP contribution in [-0.4, -0.2) is 91.4 Å². The van der Waals surface area contributed by atoms with Crippen LogP contribution in [0.25, 0.3) is 17.2 Å². The van der Waals surface area contributed by atoms with Gasteiger partial charge in [-0.2, -0.15) is 0 Å². The highest BCUT2D eigenvalue weighted by atomic mass is 32.2. The normalized spacial score (nSPS) is 28.9. The lowest BCUT2D eigenvalue weighted by molar-refractivity contribution is -0.143. The topological polar surface area (TPSA) is 173 Å². The van der Waals surface area contributed by atoms with Crippen molar-refractivity contribution in [3.8, 4) is 11.1 Å². The van der Waals surface area contributed by atoms with Crippen LogP contribution in [0.3, 0.4) is 0 Å². The van der Waals surface area contributed by atoms with Gasteiger partial charge in [-0.3, -0.25) is 19.1 Å². The first-order valence-corrected chi connectivity index (χ1v) is 20.4. The van der Waals surface area contributed by atoms with Crippen molar-refractivity contribution in [1.82, 2.24) is 20.3 Å². The van der Waals surface area contributed by atoms with E-state index in [4.69, 9.17) is 9.57 Å². The summed E-state index contributed by atoms with van der Waals surface area (Å²) in [5.74, 6) is -4.53. The summed E-state index contributed by atoms with van der Waals surface area (Å²) in [5, 5.41) is 8.90. The predicted octanol–water partition coefficient (Wildman–Crippen LogP) is 4.74. The van der Waals surface area contributed by atoms with Gasteiger partial charge in [0.1, 0.15) is 29.4 Å². The van der Waals surface area contributed by atoms with Crippen molar-refractivity contribution in [3.05, 3.63) is 65.2 Å². The van der Waals surface area contributed by atoms with Crippen molar-refractivity contribution in [2.45, 2.75) is 102 Å². The van der Waals surface area contributed by atoms with E-state index in [9.17, 15) is 36.4 Å². The number of hydrogen-bond acceptors (Lipinski definition) is 9. The Morgan fingerprint density at radius 2 is 1.73 bits per heavy atom. The van der Waals surface area contributed by atoms with Crippen LogP contribution in [0.4, 0.5) is 13.6 Å². The van der Waals surface area contributed by atoms with Crippen LogP contribution in [0.15, 0.2) is 53.7 Å². The van der Waals surface area contributed by atoms with Crippen molar-refractivity contribution in [3.63, 3.8) is 0 Å². The Bertz CT molecular complexity index is 2130. The summed E-state index contributed by atoms with van der Waals surface area (Å²) >= 11 is 0. The molecule has 7 rings (SSSR count). The number of fused-ring (bicyclic) bond motifs is 6. The molecule has 0 unspecified atom stereocenters. The van der Waals surface area contributed by atoms with Gasteiger partial charge in [0.05, 0.1) is 24.3 Å². The molecular weight excluding hydrogens is 749 g/mol. The molecule has 2 heterocycles. The first kappa shape index (κ1) is 39.4. The van der Waals surface area contributed by atoms with Crippen molar-refractivity contribution in [1.29, 1.82) is 0 Å². The van der Waals surface area contributed by atoms with Crippen LogP contribution in [0, 0.1) is 16.7 Å². The van der Waals surface area contributed by atoms with Gasteiger partial charge in [-0.15, -0.1) is 0 Å². The maximum Gasteiger partial charge on any atom is 0.407 e. The molecule has 2 aromatic rings. The van der Waals surface area contributed by atoms with E-state index < -0.39 is 92.4 Å². The molecule has 1 saturated heterocycles. The fourth-order valence-electron chi connectivity index (χ4n) is 7.60. The minimum Gasteiger partial charge on any atom is -0.449 e. The predicted molar refractivity (Wildman–Crippen MR) is 203 cm³/mol. The first-order valence-electron chi connectivity index (χ1n) is 18.8. The van der Waals surface area contributed by atoms with E-state index in [1.807, 2.05) is 73.2 Å². The molecule has 56 heavy (non-hydrogen) atoms. The van der Waals surface area contributed by atoms with E-state index in [1.54, 1.807) is 20.8 Å². The Kier molecular flexibility index (Phi) is 10.0.